The van der Waals surface area contributed by atoms with Crippen molar-refractivity contribution in [1.29, 1.82) is 0 Å². The Morgan fingerprint density at radius 2 is 1.79 bits per heavy atom. The van der Waals surface area contributed by atoms with E-state index < -0.39 is 0 Å². The zero-order valence-corrected chi connectivity index (χ0v) is 13.0. The number of nitrogens with one attached hydrogen (secondary N) is 1. The van der Waals surface area contributed by atoms with E-state index in [1.54, 1.807) is 0 Å². The van der Waals surface area contributed by atoms with Crippen LogP contribution in [0.4, 0.5) is 0 Å². The molecule has 3 heteroatoms. The predicted octanol–water partition coefficient (Wildman–Crippen LogP) is 2.66. The SMILES string of the molecule is CC(C(=O)N1CCC(NCC2CC2)CC1)C(C)(C)C. The summed E-state index contributed by atoms with van der Waals surface area (Å²) in [6.45, 7) is 11.6. The molecule has 1 aliphatic carbocycles. The number of piperidine rings is 1. The largest absolute Gasteiger partial charge is 0.342 e. The first-order valence-electron chi connectivity index (χ1n) is 7.90. The van der Waals surface area contributed by atoms with Gasteiger partial charge < -0.3 is 10.2 Å². The summed E-state index contributed by atoms with van der Waals surface area (Å²) in [4.78, 5) is 14.5. The van der Waals surface area contributed by atoms with Crippen LogP contribution in [0.5, 0.6) is 0 Å². The topological polar surface area (TPSA) is 32.3 Å². The number of hydrogen-bond donors (Lipinski definition) is 1. The van der Waals surface area contributed by atoms with Crippen LogP contribution in [-0.2, 0) is 4.79 Å². The summed E-state index contributed by atoms with van der Waals surface area (Å²) < 4.78 is 0. The normalized spacial score (nSPS) is 23.5. The van der Waals surface area contributed by atoms with Gasteiger partial charge in [-0.15, -0.1) is 0 Å². The number of rotatable bonds is 4. The van der Waals surface area contributed by atoms with Gasteiger partial charge in [-0.2, -0.15) is 0 Å². The maximum atomic E-state index is 12.4. The van der Waals surface area contributed by atoms with E-state index in [9.17, 15) is 4.79 Å². The Morgan fingerprint density at radius 1 is 1.21 bits per heavy atom. The van der Waals surface area contributed by atoms with Crippen molar-refractivity contribution < 1.29 is 4.79 Å². The molecule has 1 heterocycles. The first-order chi connectivity index (χ1) is 8.88. The van der Waals surface area contributed by atoms with E-state index in [2.05, 4.69) is 37.9 Å². The van der Waals surface area contributed by atoms with Gasteiger partial charge in [0.1, 0.15) is 0 Å². The third-order valence-electron chi connectivity index (χ3n) is 4.87. The number of hydrogen-bond acceptors (Lipinski definition) is 2. The molecular formula is C16H30N2O. The van der Waals surface area contributed by atoms with Gasteiger partial charge in [0, 0.05) is 25.0 Å². The summed E-state index contributed by atoms with van der Waals surface area (Å²) >= 11 is 0. The van der Waals surface area contributed by atoms with Crippen molar-refractivity contribution in [2.45, 2.75) is 59.4 Å². The van der Waals surface area contributed by atoms with Gasteiger partial charge in [-0.25, -0.2) is 0 Å². The zero-order valence-electron chi connectivity index (χ0n) is 13.0. The molecule has 0 aromatic carbocycles. The second-order valence-electron chi connectivity index (χ2n) is 7.54. The van der Waals surface area contributed by atoms with Gasteiger partial charge in [0.2, 0.25) is 5.91 Å². The summed E-state index contributed by atoms with van der Waals surface area (Å²) in [5.41, 5.74) is 0.0676. The molecule has 0 aromatic rings. The van der Waals surface area contributed by atoms with Gasteiger partial charge >= 0.3 is 0 Å². The molecule has 1 unspecified atom stereocenters. The molecule has 1 N–H and O–H groups in total. The molecule has 0 spiro atoms. The molecule has 2 rings (SSSR count). The minimum Gasteiger partial charge on any atom is -0.342 e. The summed E-state index contributed by atoms with van der Waals surface area (Å²) in [5.74, 6) is 1.40. The van der Waals surface area contributed by atoms with E-state index in [-0.39, 0.29) is 11.3 Å². The molecule has 0 radical (unpaired) electrons. The van der Waals surface area contributed by atoms with Gasteiger partial charge in [0.15, 0.2) is 0 Å². The molecule has 1 saturated heterocycles. The molecule has 2 fully saturated rings. The van der Waals surface area contributed by atoms with Crippen LogP contribution in [0.25, 0.3) is 0 Å². The Labute approximate surface area is 118 Å². The fourth-order valence-corrected chi connectivity index (χ4v) is 2.60. The minimum absolute atomic E-state index is 0.0676. The number of likely N-dealkylation sites (tertiary alicyclic amines) is 1. The Hall–Kier alpha value is -0.570. The van der Waals surface area contributed by atoms with Crippen molar-refractivity contribution >= 4 is 5.91 Å². The monoisotopic (exact) mass is 266 g/mol. The van der Waals surface area contributed by atoms with Crippen LogP contribution in [0.2, 0.25) is 0 Å². The Balaban J connectivity index is 1.73. The van der Waals surface area contributed by atoms with E-state index >= 15 is 0 Å². The summed E-state index contributed by atoms with van der Waals surface area (Å²) in [6.07, 6.45) is 5.06. The van der Waals surface area contributed by atoms with Crippen molar-refractivity contribution in [2.24, 2.45) is 17.3 Å². The summed E-state index contributed by atoms with van der Waals surface area (Å²) in [7, 11) is 0. The minimum atomic E-state index is 0.0676. The third kappa shape index (κ3) is 4.20. The molecule has 0 bridgehead atoms. The highest BCUT2D eigenvalue weighted by Gasteiger charge is 2.32. The molecule has 2 aliphatic rings. The van der Waals surface area contributed by atoms with Gasteiger partial charge in [0.25, 0.3) is 0 Å². The lowest BCUT2D eigenvalue weighted by Crippen LogP contribution is -2.48. The van der Waals surface area contributed by atoms with Crippen LogP contribution in [0.3, 0.4) is 0 Å². The summed E-state index contributed by atoms with van der Waals surface area (Å²) in [5, 5.41) is 3.66. The Morgan fingerprint density at radius 3 is 2.26 bits per heavy atom. The highest BCUT2D eigenvalue weighted by atomic mass is 16.2. The molecule has 1 aliphatic heterocycles. The lowest BCUT2D eigenvalue weighted by atomic mass is 9.81. The maximum Gasteiger partial charge on any atom is 0.225 e. The predicted molar refractivity (Wildman–Crippen MR) is 78.9 cm³/mol. The average molecular weight is 266 g/mol. The molecule has 1 saturated carbocycles. The fraction of sp³-hybridized carbons (Fsp3) is 0.938. The van der Waals surface area contributed by atoms with Gasteiger partial charge in [-0.05, 0) is 43.6 Å². The van der Waals surface area contributed by atoms with E-state index in [4.69, 9.17) is 0 Å². The van der Waals surface area contributed by atoms with Crippen LogP contribution < -0.4 is 5.32 Å². The first kappa shape index (κ1) is 14.8. The van der Waals surface area contributed by atoms with Crippen molar-refractivity contribution in [1.82, 2.24) is 10.2 Å². The summed E-state index contributed by atoms with van der Waals surface area (Å²) in [6, 6.07) is 0.634. The Kier molecular flexibility index (Phi) is 4.54. The second kappa shape index (κ2) is 5.82. The standard InChI is InChI=1S/C16H30N2O/c1-12(16(2,3)4)15(19)18-9-7-14(8-10-18)17-11-13-5-6-13/h12-14,17H,5-11H2,1-4H3. The third-order valence-corrected chi connectivity index (χ3v) is 4.87. The van der Waals surface area contributed by atoms with Crippen molar-refractivity contribution in [3.63, 3.8) is 0 Å². The van der Waals surface area contributed by atoms with Crippen LogP contribution in [0.1, 0.15) is 53.4 Å². The van der Waals surface area contributed by atoms with E-state index in [0.29, 0.717) is 11.9 Å². The van der Waals surface area contributed by atoms with E-state index in [0.717, 1.165) is 31.8 Å². The van der Waals surface area contributed by atoms with E-state index in [1.807, 2.05) is 0 Å². The van der Waals surface area contributed by atoms with Gasteiger partial charge in [-0.1, -0.05) is 27.7 Å². The molecule has 1 amide bonds. The van der Waals surface area contributed by atoms with Crippen molar-refractivity contribution in [3.8, 4) is 0 Å². The lowest BCUT2D eigenvalue weighted by molar-refractivity contribution is -0.139. The molecule has 110 valence electrons. The number of nitrogens with zero attached hydrogens (tertiary/aromatic N) is 1. The zero-order chi connectivity index (χ0) is 14.0. The van der Waals surface area contributed by atoms with E-state index in [1.165, 1.54) is 19.4 Å². The smallest absolute Gasteiger partial charge is 0.225 e. The molecule has 0 aromatic heterocycles. The van der Waals surface area contributed by atoms with Crippen molar-refractivity contribution in [3.05, 3.63) is 0 Å². The molecule has 19 heavy (non-hydrogen) atoms. The van der Waals surface area contributed by atoms with Gasteiger partial charge in [-0.3, -0.25) is 4.79 Å². The molecular weight excluding hydrogens is 236 g/mol. The lowest BCUT2D eigenvalue weighted by Gasteiger charge is -2.37. The highest BCUT2D eigenvalue weighted by molar-refractivity contribution is 5.79. The fourth-order valence-electron chi connectivity index (χ4n) is 2.60. The number of carbonyl (C=O) groups excluding carboxylic acids is 1. The first-order valence-corrected chi connectivity index (χ1v) is 7.90. The van der Waals surface area contributed by atoms with Crippen LogP contribution in [-0.4, -0.2) is 36.5 Å². The van der Waals surface area contributed by atoms with Gasteiger partial charge in [0.05, 0.1) is 0 Å². The van der Waals surface area contributed by atoms with Crippen LogP contribution >= 0.6 is 0 Å². The van der Waals surface area contributed by atoms with Crippen molar-refractivity contribution in [2.75, 3.05) is 19.6 Å². The second-order valence-corrected chi connectivity index (χ2v) is 7.54. The average Bonchev–Trinajstić information content (AvgIpc) is 3.18. The van der Waals surface area contributed by atoms with Crippen LogP contribution in [0.15, 0.2) is 0 Å². The number of carbonyl (C=O) groups is 1. The highest BCUT2D eigenvalue weighted by Crippen LogP contribution is 2.29. The maximum absolute atomic E-state index is 12.4. The van der Waals surface area contributed by atoms with Crippen LogP contribution in [0, 0.1) is 17.3 Å². The molecule has 3 nitrogen and oxygen atoms in total. The molecule has 1 atom stereocenters. The quantitative estimate of drug-likeness (QED) is 0.848. The number of amides is 1. The Bertz CT molecular complexity index is 309.